The van der Waals surface area contributed by atoms with Crippen LogP contribution in [0.25, 0.3) is 6.08 Å². The Kier molecular flexibility index (Phi) is 7.98. The van der Waals surface area contributed by atoms with E-state index in [0.717, 1.165) is 16.9 Å². The Labute approximate surface area is 193 Å². The third-order valence-corrected chi connectivity index (χ3v) is 6.06. The van der Waals surface area contributed by atoms with Crippen molar-refractivity contribution in [1.82, 2.24) is 4.90 Å². The zero-order valence-electron chi connectivity index (χ0n) is 18.3. The molecule has 2 aromatic carbocycles. The number of ether oxygens (including phenoxy) is 3. The lowest BCUT2D eigenvalue weighted by atomic mass is 10.1. The maximum Gasteiger partial charge on any atom is 0.266 e. The summed E-state index contributed by atoms with van der Waals surface area (Å²) in [7, 11) is 0. The topological polar surface area (TPSA) is 48.0 Å². The summed E-state index contributed by atoms with van der Waals surface area (Å²) in [6.07, 6.45) is 1.84. The maximum atomic E-state index is 12.4. The molecule has 0 bridgehead atoms. The van der Waals surface area contributed by atoms with Gasteiger partial charge in [-0.15, -0.1) is 0 Å². The highest BCUT2D eigenvalue weighted by molar-refractivity contribution is 8.26. The van der Waals surface area contributed by atoms with E-state index in [-0.39, 0.29) is 5.91 Å². The largest absolute Gasteiger partial charge is 0.490 e. The summed E-state index contributed by atoms with van der Waals surface area (Å²) < 4.78 is 18.1. The number of likely N-dealkylation sites (N-methyl/N-ethyl adjacent to an activating group) is 1. The van der Waals surface area contributed by atoms with E-state index in [1.165, 1.54) is 17.3 Å². The van der Waals surface area contributed by atoms with Gasteiger partial charge in [0.2, 0.25) is 0 Å². The first-order valence-corrected chi connectivity index (χ1v) is 11.5. The van der Waals surface area contributed by atoms with Gasteiger partial charge in [-0.05, 0) is 63.1 Å². The van der Waals surface area contributed by atoms with Gasteiger partial charge < -0.3 is 14.2 Å². The Morgan fingerprint density at radius 1 is 0.968 bits per heavy atom. The molecular formula is C24H27NO4S2. The average molecular weight is 458 g/mol. The van der Waals surface area contributed by atoms with E-state index >= 15 is 0 Å². The summed E-state index contributed by atoms with van der Waals surface area (Å²) in [4.78, 5) is 14.7. The second-order valence-electron chi connectivity index (χ2n) is 7.03. The quantitative estimate of drug-likeness (QED) is 0.286. The first-order chi connectivity index (χ1) is 14.9. The number of carbonyl (C=O) groups is 1. The van der Waals surface area contributed by atoms with E-state index in [9.17, 15) is 4.79 Å². The smallest absolute Gasteiger partial charge is 0.266 e. The fourth-order valence-corrected chi connectivity index (χ4v) is 4.57. The molecule has 5 nitrogen and oxygen atoms in total. The summed E-state index contributed by atoms with van der Waals surface area (Å²) >= 11 is 6.60. The highest BCUT2D eigenvalue weighted by Crippen LogP contribution is 2.34. The van der Waals surface area contributed by atoms with Crippen molar-refractivity contribution in [2.75, 3.05) is 26.4 Å². The first kappa shape index (κ1) is 23.2. The van der Waals surface area contributed by atoms with Gasteiger partial charge in [-0.3, -0.25) is 9.69 Å². The van der Waals surface area contributed by atoms with Gasteiger partial charge in [0.1, 0.15) is 23.3 Å². The fourth-order valence-electron chi connectivity index (χ4n) is 3.19. The molecule has 3 rings (SSSR count). The van der Waals surface area contributed by atoms with Crippen LogP contribution in [0.5, 0.6) is 17.2 Å². The standard InChI is InChI=1S/C24H27NO4S2/c1-5-25-23(26)22(31-24(25)30)15-18-8-10-20(21(14-18)27-6-2)29-12-11-28-19-9-7-16(3)13-17(19)4/h7-10,13-15H,5-6,11-12H2,1-4H3/b22-15-. The molecule has 1 fully saturated rings. The number of hydrogen-bond acceptors (Lipinski definition) is 6. The Balaban J connectivity index is 1.65. The van der Waals surface area contributed by atoms with Crippen molar-refractivity contribution in [2.24, 2.45) is 0 Å². The zero-order chi connectivity index (χ0) is 22.4. The fraction of sp³-hybridized carbons (Fsp3) is 0.333. The number of hydrogen-bond donors (Lipinski definition) is 0. The van der Waals surface area contributed by atoms with Crippen molar-refractivity contribution in [3.63, 3.8) is 0 Å². The van der Waals surface area contributed by atoms with Gasteiger partial charge in [-0.25, -0.2) is 0 Å². The molecule has 1 saturated heterocycles. The molecule has 0 radical (unpaired) electrons. The highest BCUT2D eigenvalue weighted by atomic mass is 32.2. The van der Waals surface area contributed by atoms with Crippen LogP contribution in [0.2, 0.25) is 0 Å². The van der Waals surface area contributed by atoms with Crippen molar-refractivity contribution in [2.45, 2.75) is 27.7 Å². The van der Waals surface area contributed by atoms with E-state index in [1.807, 2.05) is 57.2 Å². The monoisotopic (exact) mass is 457 g/mol. The number of thiocarbonyl (C=S) groups is 1. The summed E-state index contributed by atoms with van der Waals surface area (Å²) in [5, 5.41) is 0. The van der Waals surface area contributed by atoms with E-state index < -0.39 is 0 Å². The molecule has 1 amide bonds. The zero-order valence-corrected chi connectivity index (χ0v) is 19.9. The van der Waals surface area contributed by atoms with E-state index in [0.29, 0.717) is 47.1 Å². The Bertz CT molecular complexity index is 1000. The number of carbonyl (C=O) groups excluding carboxylic acids is 1. The molecule has 7 heteroatoms. The van der Waals surface area contributed by atoms with Crippen LogP contribution in [0, 0.1) is 13.8 Å². The van der Waals surface area contributed by atoms with Crippen LogP contribution in [-0.4, -0.2) is 41.5 Å². The molecule has 0 aromatic heterocycles. The van der Waals surface area contributed by atoms with Crippen LogP contribution in [0.3, 0.4) is 0 Å². The minimum absolute atomic E-state index is 0.0562. The molecule has 1 aliphatic rings. The SMILES string of the molecule is CCOc1cc(/C=C2\SC(=S)N(CC)C2=O)ccc1OCCOc1ccc(C)cc1C. The minimum atomic E-state index is -0.0562. The normalized spacial score (nSPS) is 15.0. The third kappa shape index (κ3) is 5.80. The third-order valence-electron chi connectivity index (χ3n) is 4.68. The number of aryl methyl sites for hydroxylation is 2. The van der Waals surface area contributed by atoms with Crippen molar-refractivity contribution < 1.29 is 19.0 Å². The van der Waals surface area contributed by atoms with Gasteiger partial charge in [0.05, 0.1) is 11.5 Å². The Morgan fingerprint density at radius 2 is 1.68 bits per heavy atom. The lowest BCUT2D eigenvalue weighted by Gasteiger charge is -2.14. The van der Waals surface area contributed by atoms with Crippen LogP contribution < -0.4 is 14.2 Å². The maximum absolute atomic E-state index is 12.4. The molecule has 0 spiro atoms. The number of thioether (sulfide) groups is 1. The molecule has 0 atom stereocenters. The number of amides is 1. The molecule has 1 aliphatic heterocycles. The average Bonchev–Trinajstić information content (AvgIpc) is 3.00. The molecule has 164 valence electrons. The summed E-state index contributed by atoms with van der Waals surface area (Å²) in [5.41, 5.74) is 3.17. The lowest BCUT2D eigenvalue weighted by molar-refractivity contribution is -0.121. The van der Waals surface area contributed by atoms with Gasteiger partial charge in [0, 0.05) is 6.54 Å². The van der Waals surface area contributed by atoms with Gasteiger partial charge in [0.25, 0.3) is 5.91 Å². The lowest BCUT2D eigenvalue weighted by Crippen LogP contribution is -2.27. The molecule has 2 aromatic rings. The number of rotatable bonds is 9. The van der Waals surface area contributed by atoms with Crippen molar-refractivity contribution >= 4 is 40.3 Å². The minimum Gasteiger partial charge on any atom is -0.490 e. The molecule has 0 unspecified atom stereocenters. The molecule has 31 heavy (non-hydrogen) atoms. The van der Waals surface area contributed by atoms with E-state index in [4.69, 9.17) is 26.4 Å². The molecule has 1 heterocycles. The van der Waals surface area contributed by atoms with Gasteiger partial charge >= 0.3 is 0 Å². The van der Waals surface area contributed by atoms with Crippen LogP contribution in [0.4, 0.5) is 0 Å². The second kappa shape index (κ2) is 10.7. The summed E-state index contributed by atoms with van der Waals surface area (Å²) in [5.74, 6) is 2.08. The Morgan fingerprint density at radius 3 is 2.32 bits per heavy atom. The van der Waals surface area contributed by atoms with Crippen molar-refractivity contribution in [1.29, 1.82) is 0 Å². The predicted octanol–water partition coefficient (Wildman–Crippen LogP) is 5.38. The van der Waals surface area contributed by atoms with Gasteiger partial charge in [-0.1, -0.05) is 47.7 Å². The molecule has 0 aliphatic carbocycles. The van der Waals surface area contributed by atoms with Crippen LogP contribution in [-0.2, 0) is 4.79 Å². The van der Waals surface area contributed by atoms with Crippen LogP contribution in [0.1, 0.15) is 30.5 Å². The summed E-state index contributed by atoms with van der Waals surface area (Å²) in [6.45, 7) is 9.83. The first-order valence-electron chi connectivity index (χ1n) is 10.3. The van der Waals surface area contributed by atoms with Crippen LogP contribution in [0.15, 0.2) is 41.3 Å². The predicted molar refractivity (Wildman–Crippen MR) is 130 cm³/mol. The van der Waals surface area contributed by atoms with Crippen molar-refractivity contribution in [3.05, 3.63) is 58.0 Å². The van der Waals surface area contributed by atoms with Crippen molar-refractivity contribution in [3.8, 4) is 17.2 Å². The van der Waals surface area contributed by atoms with E-state index in [1.54, 1.807) is 4.90 Å². The molecular weight excluding hydrogens is 430 g/mol. The van der Waals surface area contributed by atoms with Gasteiger partial charge in [0.15, 0.2) is 11.5 Å². The number of benzene rings is 2. The summed E-state index contributed by atoms with van der Waals surface area (Å²) in [6, 6.07) is 11.7. The molecule has 0 N–H and O–H groups in total. The van der Waals surface area contributed by atoms with Crippen LogP contribution >= 0.6 is 24.0 Å². The Hall–Kier alpha value is -2.51. The molecule has 0 saturated carbocycles. The second-order valence-corrected chi connectivity index (χ2v) is 8.71. The van der Waals surface area contributed by atoms with E-state index in [2.05, 4.69) is 13.0 Å². The number of nitrogens with zero attached hydrogens (tertiary/aromatic N) is 1. The highest BCUT2D eigenvalue weighted by Gasteiger charge is 2.30. The van der Waals surface area contributed by atoms with Gasteiger partial charge in [-0.2, -0.15) is 0 Å².